The highest BCUT2D eigenvalue weighted by Crippen LogP contribution is 2.52. The molecule has 0 unspecified atom stereocenters. The summed E-state index contributed by atoms with van der Waals surface area (Å²) >= 11 is 0. The molecule has 0 fully saturated rings. The van der Waals surface area contributed by atoms with Gasteiger partial charge >= 0.3 is 0 Å². The summed E-state index contributed by atoms with van der Waals surface area (Å²) in [5, 5.41) is 9.24. The molecule has 0 bridgehead atoms. The van der Waals surface area contributed by atoms with Gasteiger partial charge in [0.15, 0.2) is 11.3 Å². The Balaban J connectivity index is 1.54. The molecule has 0 saturated carbocycles. The number of benzene rings is 1. The van der Waals surface area contributed by atoms with E-state index in [-0.39, 0.29) is 12.6 Å². The molecule has 4 aromatic rings. The van der Waals surface area contributed by atoms with E-state index in [1.54, 1.807) is 18.5 Å². The van der Waals surface area contributed by atoms with E-state index >= 15 is 0 Å². The van der Waals surface area contributed by atoms with Gasteiger partial charge in [-0.3, -0.25) is 9.97 Å². The van der Waals surface area contributed by atoms with Gasteiger partial charge in [-0.05, 0) is 54.4 Å². The molecule has 6 rings (SSSR count). The predicted molar refractivity (Wildman–Crippen MR) is 125 cm³/mol. The Morgan fingerprint density at radius 1 is 0.941 bits per heavy atom. The highest BCUT2D eigenvalue weighted by molar-refractivity contribution is 5.78. The van der Waals surface area contributed by atoms with E-state index < -0.39 is 5.54 Å². The Labute approximate surface area is 195 Å². The number of nitriles is 1. The Hall–Kier alpha value is -4.77. The normalized spacial score (nSPS) is 17.7. The minimum absolute atomic E-state index is 0.121. The summed E-state index contributed by atoms with van der Waals surface area (Å²) in [6.07, 6.45) is 6.92. The van der Waals surface area contributed by atoms with Crippen LogP contribution in [0.15, 0.2) is 72.2 Å². The zero-order valence-electron chi connectivity index (χ0n) is 18.2. The van der Waals surface area contributed by atoms with Gasteiger partial charge in [0.2, 0.25) is 0 Å². The molecule has 8 nitrogen and oxygen atoms in total. The predicted octanol–water partition coefficient (Wildman–Crippen LogP) is 4.08. The van der Waals surface area contributed by atoms with Crippen LogP contribution in [0.5, 0.6) is 11.5 Å². The Kier molecular flexibility index (Phi) is 4.32. The molecule has 164 valence electrons. The van der Waals surface area contributed by atoms with E-state index in [0.717, 1.165) is 33.4 Å². The zero-order chi connectivity index (χ0) is 23.3. The van der Waals surface area contributed by atoms with E-state index in [1.165, 1.54) is 0 Å². The van der Waals surface area contributed by atoms with Crippen LogP contribution >= 0.6 is 0 Å². The fourth-order valence-corrected chi connectivity index (χ4v) is 4.46. The number of pyridine rings is 3. The van der Waals surface area contributed by atoms with Crippen molar-refractivity contribution >= 4 is 6.02 Å². The number of hydrogen-bond donors (Lipinski definition) is 1. The van der Waals surface area contributed by atoms with Gasteiger partial charge in [-0.1, -0.05) is 6.07 Å². The molecule has 0 radical (unpaired) electrons. The first kappa shape index (κ1) is 19.9. The maximum Gasteiger partial charge on any atom is 0.283 e. The van der Waals surface area contributed by atoms with Gasteiger partial charge < -0.3 is 15.2 Å². The molecule has 0 aliphatic carbocycles. The zero-order valence-corrected chi connectivity index (χ0v) is 18.2. The van der Waals surface area contributed by atoms with Crippen LogP contribution < -0.4 is 10.5 Å². The summed E-state index contributed by atoms with van der Waals surface area (Å²) in [7, 11) is 0. The third-order valence-electron chi connectivity index (χ3n) is 6.07. The molecule has 1 aromatic carbocycles. The van der Waals surface area contributed by atoms with Crippen molar-refractivity contribution < 1.29 is 9.47 Å². The van der Waals surface area contributed by atoms with Crippen LogP contribution in [-0.2, 0) is 10.3 Å². The van der Waals surface area contributed by atoms with E-state index in [2.05, 4.69) is 33.2 Å². The quantitative estimate of drug-likeness (QED) is 0.493. The highest BCUT2D eigenvalue weighted by atomic mass is 16.5. The number of ether oxygens (including phenoxy) is 2. The Morgan fingerprint density at radius 2 is 1.82 bits per heavy atom. The van der Waals surface area contributed by atoms with Crippen LogP contribution in [0.4, 0.5) is 0 Å². The molecule has 8 heteroatoms. The number of amidine groups is 1. The fraction of sp³-hybridized carbons (Fsp3) is 0.115. The SMILES string of the molecule is Cc1cncc(-c2ccc3c(c2)[C@@]2(COC(N)=N2)c2cc(-c4ccnc(C#N)c4)ncc2O3)c1. The molecule has 5 heterocycles. The first-order chi connectivity index (χ1) is 16.6. The van der Waals surface area contributed by atoms with E-state index in [9.17, 15) is 5.26 Å². The summed E-state index contributed by atoms with van der Waals surface area (Å²) in [5.41, 5.74) is 11.6. The van der Waals surface area contributed by atoms with Crippen molar-refractivity contribution in [2.24, 2.45) is 10.7 Å². The van der Waals surface area contributed by atoms with E-state index in [4.69, 9.17) is 20.2 Å². The maximum absolute atomic E-state index is 9.24. The molecule has 0 saturated heterocycles. The first-order valence-electron chi connectivity index (χ1n) is 10.7. The second-order valence-corrected chi connectivity index (χ2v) is 8.27. The average Bonchev–Trinajstić information content (AvgIpc) is 3.26. The number of fused-ring (bicyclic) bond motifs is 4. The summed E-state index contributed by atoms with van der Waals surface area (Å²) < 4.78 is 11.9. The number of nitrogens with two attached hydrogens (primary N) is 1. The summed E-state index contributed by atoms with van der Waals surface area (Å²) in [4.78, 5) is 17.7. The van der Waals surface area contributed by atoms with Gasteiger partial charge in [0, 0.05) is 40.8 Å². The number of aliphatic imine (C=N–C) groups is 1. The lowest BCUT2D eigenvalue weighted by Gasteiger charge is -2.33. The third-order valence-corrected chi connectivity index (χ3v) is 6.07. The van der Waals surface area contributed by atoms with Gasteiger partial charge in [0.05, 0.1) is 11.9 Å². The minimum atomic E-state index is -0.886. The van der Waals surface area contributed by atoms with Crippen molar-refractivity contribution in [3.63, 3.8) is 0 Å². The lowest BCUT2D eigenvalue weighted by molar-refractivity contribution is 0.264. The van der Waals surface area contributed by atoms with Gasteiger partial charge in [0.1, 0.15) is 24.1 Å². The first-order valence-corrected chi connectivity index (χ1v) is 10.7. The van der Waals surface area contributed by atoms with Crippen LogP contribution in [0.25, 0.3) is 22.4 Å². The van der Waals surface area contributed by atoms with Crippen molar-refractivity contribution in [2.45, 2.75) is 12.5 Å². The number of nitrogens with zero attached hydrogens (tertiary/aromatic N) is 5. The fourth-order valence-electron chi connectivity index (χ4n) is 4.46. The number of hydrogen-bond acceptors (Lipinski definition) is 8. The van der Waals surface area contributed by atoms with E-state index in [1.807, 2.05) is 43.6 Å². The number of aromatic nitrogens is 3. The van der Waals surface area contributed by atoms with Crippen molar-refractivity contribution in [3.8, 4) is 40.0 Å². The molecule has 1 spiro atoms. The Morgan fingerprint density at radius 3 is 2.62 bits per heavy atom. The maximum atomic E-state index is 9.24. The lowest BCUT2D eigenvalue weighted by atomic mass is 9.80. The van der Waals surface area contributed by atoms with Crippen LogP contribution in [0.2, 0.25) is 0 Å². The molecule has 1 atom stereocenters. The second kappa shape index (κ2) is 7.39. The van der Waals surface area contributed by atoms with Gasteiger partial charge in [-0.15, -0.1) is 0 Å². The smallest absolute Gasteiger partial charge is 0.283 e. The van der Waals surface area contributed by atoms with Crippen molar-refractivity contribution in [1.29, 1.82) is 5.26 Å². The standard InChI is InChI=1S/C26H18N6O2/c1-15-6-18(12-29-11-15)16-2-3-23-20(8-16)26(14-33-25(28)32-26)21-9-22(31-13-24(21)34-23)17-4-5-30-19(7-17)10-27/h2-9,11-13H,14H2,1H3,(H2,28,32)/t26-/m0/s1. The average molecular weight is 446 g/mol. The second-order valence-electron chi connectivity index (χ2n) is 8.27. The molecule has 0 amide bonds. The van der Waals surface area contributed by atoms with Crippen molar-refractivity contribution in [1.82, 2.24) is 15.0 Å². The van der Waals surface area contributed by atoms with Crippen LogP contribution in [0, 0.1) is 18.3 Å². The largest absolute Gasteiger partial charge is 0.462 e. The molecular weight excluding hydrogens is 428 g/mol. The lowest BCUT2D eigenvalue weighted by Crippen LogP contribution is -2.31. The minimum Gasteiger partial charge on any atom is -0.462 e. The van der Waals surface area contributed by atoms with Crippen LogP contribution in [0.3, 0.4) is 0 Å². The summed E-state index contributed by atoms with van der Waals surface area (Å²) in [6, 6.07) is 15.7. The summed E-state index contributed by atoms with van der Waals surface area (Å²) in [6.45, 7) is 2.25. The Bertz CT molecular complexity index is 1540. The van der Waals surface area contributed by atoms with Gasteiger partial charge in [-0.25, -0.2) is 9.98 Å². The molecule has 3 aromatic heterocycles. The molecule has 34 heavy (non-hydrogen) atoms. The molecule has 2 aliphatic rings. The topological polar surface area (TPSA) is 119 Å². The molecule has 2 N–H and O–H groups in total. The van der Waals surface area contributed by atoms with Gasteiger partial charge in [-0.2, -0.15) is 5.26 Å². The van der Waals surface area contributed by atoms with Crippen molar-refractivity contribution in [3.05, 3.63) is 89.6 Å². The molecular formula is C26H18N6O2. The van der Waals surface area contributed by atoms with Crippen molar-refractivity contribution in [2.75, 3.05) is 6.61 Å². The summed E-state index contributed by atoms with van der Waals surface area (Å²) in [5.74, 6) is 1.25. The third kappa shape index (κ3) is 3.06. The van der Waals surface area contributed by atoms with Crippen LogP contribution in [-0.4, -0.2) is 27.6 Å². The highest BCUT2D eigenvalue weighted by Gasteiger charge is 2.47. The number of rotatable bonds is 2. The number of aryl methyl sites for hydroxylation is 1. The molecule has 2 aliphatic heterocycles. The van der Waals surface area contributed by atoms with Crippen LogP contribution in [0.1, 0.15) is 22.4 Å². The van der Waals surface area contributed by atoms with Gasteiger partial charge in [0.25, 0.3) is 6.02 Å². The van der Waals surface area contributed by atoms with E-state index in [0.29, 0.717) is 22.9 Å². The monoisotopic (exact) mass is 446 g/mol.